The molecule has 4 nitrogen and oxygen atoms in total. The van der Waals surface area contributed by atoms with Crippen molar-refractivity contribution in [1.29, 1.82) is 0 Å². The highest BCUT2D eigenvalue weighted by Gasteiger charge is 2.40. The molecule has 0 aromatic heterocycles. The molecule has 0 radical (unpaired) electrons. The normalized spacial score (nSPS) is 15.5. The number of fused-ring (bicyclic) bond motifs is 1. The zero-order valence-electron chi connectivity index (χ0n) is 20.3. The van der Waals surface area contributed by atoms with Gasteiger partial charge in [-0.1, -0.05) is 51.1 Å². The van der Waals surface area contributed by atoms with Gasteiger partial charge in [-0.25, -0.2) is 4.99 Å². The number of hydrogen-bond acceptors (Lipinski definition) is 3. The number of para-hydroxylation sites is 1. The maximum Gasteiger partial charge on any atom is 0.416 e. The van der Waals surface area contributed by atoms with E-state index in [4.69, 9.17) is 4.43 Å². The van der Waals surface area contributed by atoms with E-state index in [-0.39, 0.29) is 16.4 Å². The lowest BCUT2D eigenvalue weighted by molar-refractivity contribution is -0.137. The molecular formula is C27H27F3N2O2Si. The minimum atomic E-state index is -4.50. The Morgan fingerprint density at radius 2 is 1.57 bits per heavy atom. The van der Waals surface area contributed by atoms with Crippen molar-refractivity contribution in [1.82, 2.24) is 0 Å². The molecule has 0 fully saturated rings. The predicted octanol–water partition coefficient (Wildman–Crippen LogP) is 7.89. The van der Waals surface area contributed by atoms with Crippen molar-refractivity contribution in [2.24, 2.45) is 4.99 Å². The summed E-state index contributed by atoms with van der Waals surface area (Å²) >= 11 is 0. The number of anilines is 2. The van der Waals surface area contributed by atoms with Crippen molar-refractivity contribution >= 4 is 37.0 Å². The van der Waals surface area contributed by atoms with E-state index in [9.17, 15) is 18.0 Å². The molecule has 0 bridgehead atoms. The van der Waals surface area contributed by atoms with Crippen LogP contribution in [0.1, 0.15) is 31.9 Å². The average molecular weight is 497 g/mol. The summed E-state index contributed by atoms with van der Waals surface area (Å²) in [5.74, 6) is 0.260. The van der Waals surface area contributed by atoms with Gasteiger partial charge in [0.1, 0.15) is 11.5 Å². The summed E-state index contributed by atoms with van der Waals surface area (Å²) in [6, 6.07) is 19.1. The van der Waals surface area contributed by atoms with Crippen LogP contribution >= 0.6 is 0 Å². The summed E-state index contributed by atoms with van der Waals surface area (Å²) in [5, 5.41) is 0.00382. The highest BCUT2D eigenvalue weighted by atomic mass is 28.4. The number of aliphatic imine (C=N–C) groups is 1. The van der Waals surface area contributed by atoms with Crippen LogP contribution in [0.15, 0.2) is 77.8 Å². The first-order valence-electron chi connectivity index (χ1n) is 11.3. The smallest absolute Gasteiger partial charge is 0.416 e. The molecule has 3 aromatic rings. The Morgan fingerprint density at radius 1 is 0.886 bits per heavy atom. The third kappa shape index (κ3) is 4.88. The van der Waals surface area contributed by atoms with E-state index in [2.05, 4.69) is 38.9 Å². The molecule has 1 amide bonds. The monoisotopic (exact) mass is 496 g/mol. The van der Waals surface area contributed by atoms with Crippen LogP contribution < -0.4 is 9.33 Å². The second-order valence-corrected chi connectivity index (χ2v) is 14.8. The van der Waals surface area contributed by atoms with Gasteiger partial charge in [0.15, 0.2) is 0 Å². The summed E-state index contributed by atoms with van der Waals surface area (Å²) in [6.45, 7) is 10.8. The van der Waals surface area contributed by atoms with Crippen LogP contribution in [0.4, 0.5) is 30.2 Å². The lowest BCUT2D eigenvalue weighted by Gasteiger charge is -2.36. The number of halogens is 3. The topological polar surface area (TPSA) is 41.9 Å². The lowest BCUT2D eigenvalue weighted by atomic mass is 10.1. The molecular weight excluding hydrogens is 469 g/mol. The molecule has 0 atom stereocenters. The first-order valence-corrected chi connectivity index (χ1v) is 14.2. The molecule has 0 aliphatic carbocycles. The van der Waals surface area contributed by atoms with E-state index in [1.165, 1.54) is 17.0 Å². The molecule has 4 rings (SSSR count). The van der Waals surface area contributed by atoms with Gasteiger partial charge in [-0.3, -0.25) is 9.69 Å². The number of benzene rings is 3. The van der Waals surface area contributed by atoms with E-state index in [1.54, 1.807) is 24.3 Å². The number of amides is 1. The minimum absolute atomic E-state index is 0.00382. The van der Waals surface area contributed by atoms with Crippen molar-refractivity contribution in [3.63, 3.8) is 0 Å². The Morgan fingerprint density at radius 3 is 2.26 bits per heavy atom. The maximum atomic E-state index is 13.5. The number of rotatable bonds is 4. The summed E-state index contributed by atoms with van der Waals surface area (Å²) in [6.07, 6.45) is -4.50. The fourth-order valence-corrected chi connectivity index (χ4v) is 4.60. The molecule has 3 aromatic carbocycles. The minimum Gasteiger partial charge on any atom is -0.543 e. The second kappa shape index (κ2) is 8.68. The Kier molecular flexibility index (Phi) is 6.13. The number of carbonyl (C=O) groups is 1. The van der Waals surface area contributed by atoms with Gasteiger partial charge in [0.2, 0.25) is 8.32 Å². The molecule has 0 unspecified atom stereocenters. The van der Waals surface area contributed by atoms with E-state index < -0.39 is 26.0 Å². The Labute approximate surface area is 204 Å². The van der Waals surface area contributed by atoms with E-state index in [1.807, 2.05) is 24.3 Å². The molecule has 182 valence electrons. The predicted molar refractivity (Wildman–Crippen MR) is 135 cm³/mol. The van der Waals surface area contributed by atoms with Crippen molar-refractivity contribution in [3.05, 3.63) is 83.9 Å². The van der Waals surface area contributed by atoms with Crippen LogP contribution in [0.25, 0.3) is 0 Å². The molecule has 0 N–H and O–H groups in total. The van der Waals surface area contributed by atoms with Crippen LogP contribution in [0.5, 0.6) is 5.75 Å². The zero-order chi connectivity index (χ0) is 25.6. The molecule has 0 saturated carbocycles. The number of hydrogen-bond donors (Lipinski definition) is 0. The quantitative estimate of drug-likeness (QED) is 0.345. The van der Waals surface area contributed by atoms with Gasteiger partial charge < -0.3 is 4.43 Å². The highest BCUT2D eigenvalue weighted by Crippen LogP contribution is 2.41. The Balaban J connectivity index is 1.74. The third-order valence-corrected chi connectivity index (χ3v) is 10.8. The van der Waals surface area contributed by atoms with E-state index in [0.29, 0.717) is 22.7 Å². The van der Waals surface area contributed by atoms with Gasteiger partial charge in [-0.2, -0.15) is 13.2 Å². The SMILES string of the molecule is CC(C)(C)[Si](C)(C)Oc1cccc(N2C(=O)C(=Nc3cccc(C(F)(F)F)c3)c3ccccc32)c1. The maximum absolute atomic E-state index is 13.5. The van der Waals surface area contributed by atoms with Crippen molar-refractivity contribution in [2.45, 2.75) is 45.1 Å². The third-order valence-electron chi connectivity index (χ3n) is 6.48. The molecule has 0 spiro atoms. The van der Waals surface area contributed by atoms with Gasteiger partial charge >= 0.3 is 6.18 Å². The van der Waals surface area contributed by atoms with Crippen molar-refractivity contribution < 1.29 is 22.4 Å². The van der Waals surface area contributed by atoms with Crippen LogP contribution in [0.2, 0.25) is 18.1 Å². The van der Waals surface area contributed by atoms with Crippen LogP contribution in [0, 0.1) is 0 Å². The van der Waals surface area contributed by atoms with Gasteiger partial charge in [0, 0.05) is 11.6 Å². The Bertz CT molecular complexity index is 1310. The number of alkyl halides is 3. The molecule has 35 heavy (non-hydrogen) atoms. The van der Waals surface area contributed by atoms with Crippen LogP contribution in [-0.2, 0) is 11.0 Å². The Hall–Kier alpha value is -3.39. The summed E-state index contributed by atoms with van der Waals surface area (Å²) in [7, 11) is -2.10. The van der Waals surface area contributed by atoms with E-state index >= 15 is 0 Å². The summed E-state index contributed by atoms with van der Waals surface area (Å²) < 4.78 is 46.0. The van der Waals surface area contributed by atoms with Gasteiger partial charge in [0.25, 0.3) is 5.91 Å². The molecule has 1 aliphatic heterocycles. The van der Waals surface area contributed by atoms with E-state index in [0.717, 1.165) is 12.1 Å². The zero-order valence-corrected chi connectivity index (χ0v) is 21.3. The van der Waals surface area contributed by atoms with Gasteiger partial charge in [-0.05, 0) is 54.5 Å². The summed E-state index contributed by atoms with van der Waals surface area (Å²) in [4.78, 5) is 19.4. The average Bonchev–Trinajstić information content (AvgIpc) is 3.04. The molecule has 8 heteroatoms. The highest BCUT2D eigenvalue weighted by molar-refractivity contribution is 6.74. The van der Waals surface area contributed by atoms with Crippen molar-refractivity contribution in [2.75, 3.05) is 4.90 Å². The van der Waals surface area contributed by atoms with Crippen LogP contribution in [0.3, 0.4) is 0 Å². The number of carbonyl (C=O) groups excluding carboxylic acids is 1. The second-order valence-electron chi connectivity index (χ2n) is 10.0. The molecule has 1 aliphatic rings. The van der Waals surface area contributed by atoms with Gasteiger partial charge in [-0.15, -0.1) is 0 Å². The van der Waals surface area contributed by atoms with Crippen molar-refractivity contribution in [3.8, 4) is 5.75 Å². The standard InChI is InChI=1S/C27H27F3N2O2Si/c1-26(2,3)35(4,5)34-21-13-9-12-20(17-21)32-23-15-7-6-14-22(23)24(25(32)33)31-19-11-8-10-18(16-19)27(28,29)30/h6-17H,1-5H3. The van der Waals surface area contributed by atoms with Crippen LogP contribution in [-0.4, -0.2) is 19.9 Å². The summed E-state index contributed by atoms with van der Waals surface area (Å²) in [5.41, 5.74) is 1.13. The first kappa shape index (κ1) is 24.7. The largest absolute Gasteiger partial charge is 0.543 e. The molecule has 0 saturated heterocycles. The number of nitrogens with zero attached hydrogens (tertiary/aromatic N) is 2. The lowest BCUT2D eigenvalue weighted by Crippen LogP contribution is -2.43. The first-order chi connectivity index (χ1) is 16.3. The fraction of sp³-hybridized carbons (Fsp3) is 0.259. The molecule has 1 heterocycles. The fourth-order valence-electron chi connectivity index (χ4n) is 3.58. The van der Waals surface area contributed by atoms with Gasteiger partial charge in [0.05, 0.1) is 22.6 Å².